The lowest BCUT2D eigenvalue weighted by molar-refractivity contribution is -0.145. The van der Waals surface area contributed by atoms with Crippen LogP contribution in [0.4, 0.5) is 4.79 Å². The lowest BCUT2D eigenvalue weighted by Crippen LogP contribution is -2.46. The van der Waals surface area contributed by atoms with Crippen LogP contribution < -0.4 is 5.32 Å². The van der Waals surface area contributed by atoms with Crippen molar-refractivity contribution in [2.24, 2.45) is 5.92 Å². The second-order valence-electron chi connectivity index (χ2n) is 7.63. The first kappa shape index (κ1) is 20.6. The lowest BCUT2D eigenvalue weighted by atomic mass is 9.94. The number of hydrogen-bond donors (Lipinski definition) is 1. The Labute approximate surface area is 160 Å². The second kappa shape index (κ2) is 9.31. The van der Waals surface area contributed by atoms with Crippen LogP contribution in [0, 0.1) is 5.92 Å². The van der Waals surface area contributed by atoms with E-state index in [1.807, 2.05) is 57.4 Å². The molecule has 0 radical (unpaired) electrons. The van der Waals surface area contributed by atoms with Crippen LogP contribution in [0.15, 0.2) is 30.3 Å². The van der Waals surface area contributed by atoms with Crippen LogP contribution in [0.5, 0.6) is 0 Å². The molecule has 1 heterocycles. The van der Waals surface area contributed by atoms with Gasteiger partial charge in [0.2, 0.25) is 0 Å². The van der Waals surface area contributed by atoms with E-state index < -0.39 is 11.7 Å². The van der Waals surface area contributed by atoms with Gasteiger partial charge in [-0.05, 0) is 57.6 Å². The predicted molar refractivity (Wildman–Crippen MR) is 104 cm³/mol. The number of esters is 1. The summed E-state index contributed by atoms with van der Waals surface area (Å²) < 4.78 is 11.0. The van der Waals surface area contributed by atoms with E-state index in [0.717, 1.165) is 17.7 Å². The average molecular weight is 380 g/mol. The topological polar surface area (TPSA) is 64.6 Å². The van der Waals surface area contributed by atoms with Crippen molar-refractivity contribution in [2.75, 3.05) is 12.0 Å². The molecule has 0 saturated carbocycles. The summed E-state index contributed by atoms with van der Waals surface area (Å²) in [5, 5.41) is 2.92. The Bertz CT molecular complexity index is 600. The fraction of sp³-hybridized carbons (Fsp3) is 0.600. The SMILES string of the molecule is CSCCC1C[C@@H]([C@H](Cc2ccccc2)NC(=O)OC(C)(C)C)OC1=O. The largest absolute Gasteiger partial charge is 0.460 e. The monoisotopic (exact) mass is 379 g/mol. The Hall–Kier alpha value is -1.69. The zero-order valence-corrected chi connectivity index (χ0v) is 16.8. The maximum absolute atomic E-state index is 12.3. The lowest BCUT2D eigenvalue weighted by Gasteiger charge is -2.26. The molecule has 0 aliphatic carbocycles. The van der Waals surface area contributed by atoms with Gasteiger partial charge in [-0.3, -0.25) is 4.79 Å². The van der Waals surface area contributed by atoms with Crippen molar-refractivity contribution in [3.8, 4) is 0 Å². The molecule has 144 valence electrons. The first-order valence-electron chi connectivity index (χ1n) is 9.01. The number of ether oxygens (including phenoxy) is 2. The van der Waals surface area contributed by atoms with Crippen molar-refractivity contribution in [3.63, 3.8) is 0 Å². The molecule has 1 amide bonds. The Morgan fingerprint density at radius 3 is 2.65 bits per heavy atom. The van der Waals surface area contributed by atoms with E-state index in [0.29, 0.717) is 12.8 Å². The molecule has 1 aliphatic rings. The molecular formula is C20H29NO4S. The Kier molecular flexibility index (Phi) is 7.38. The molecule has 0 aromatic heterocycles. The number of alkyl carbamates (subject to hydrolysis) is 1. The number of rotatable bonds is 7. The van der Waals surface area contributed by atoms with Crippen LogP contribution in [-0.2, 0) is 20.7 Å². The van der Waals surface area contributed by atoms with Gasteiger partial charge in [-0.1, -0.05) is 30.3 Å². The van der Waals surface area contributed by atoms with Crippen molar-refractivity contribution in [2.45, 2.75) is 57.8 Å². The van der Waals surface area contributed by atoms with E-state index in [1.165, 1.54) is 0 Å². The van der Waals surface area contributed by atoms with Crippen molar-refractivity contribution in [1.29, 1.82) is 0 Å². The van der Waals surface area contributed by atoms with Crippen LogP contribution in [0.3, 0.4) is 0 Å². The number of benzene rings is 1. The van der Waals surface area contributed by atoms with Crippen LogP contribution in [0.25, 0.3) is 0 Å². The molecule has 1 aliphatic heterocycles. The third-order valence-electron chi connectivity index (χ3n) is 4.24. The number of hydrogen-bond acceptors (Lipinski definition) is 5. The quantitative estimate of drug-likeness (QED) is 0.730. The van der Waals surface area contributed by atoms with Gasteiger partial charge in [0, 0.05) is 0 Å². The maximum atomic E-state index is 12.3. The summed E-state index contributed by atoms with van der Waals surface area (Å²) in [6.07, 6.45) is 3.24. The Balaban J connectivity index is 2.07. The van der Waals surface area contributed by atoms with Gasteiger partial charge in [-0.25, -0.2) is 4.79 Å². The highest BCUT2D eigenvalue weighted by Gasteiger charge is 2.39. The number of carbonyl (C=O) groups is 2. The maximum Gasteiger partial charge on any atom is 0.408 e. The highest BCUT2D eigenvalue weighted by molar-refractivity contribution is 7.98. The molecule has 2 rings (SSSR count). The number of nitrogens with one attached hydrogen (secondary N) is 1. The highest BCUT2D eigenvalue weighted by atomic mass is 32.2. The zero-order valence-electron chi connectivity index (χ0n) is 16.0. The van der Waals surface area contributed by atoms with Crippen molar-refractivity contribution in [3.05, 3.63) is 35.9 Å². The standard InChI is InChI=1S/C20H29NO4S/c1-20(2,3)25-19(23)21-16(12-14-8-6-5-7-9-14)17-13-15(10-11-26-4)18(22)24-17/h5-9,15-17H,10-13H2,1-4H3,(H,21,23)/t15?,16-,17-/m0/s1. The molecule has 1 aromatic rings. The first-order valence-corrected chi connectivity index (χ1v) is 10.4. The number of amides is 1. The Morgan fingerprint density at radius 2 is 2.04 bits per heavy atom. The molecular weight excluding hydrogens is 350 g/mol. The molecule has 0 bridgehead atoms. The van der Waals surface area contributed by atoms with E-state index >= 15 is 0 Å². The fourth-order valence-corrected chi connectivity index (χ4v) is 3.53. The van der Waals surface area contributed by atoms with E-state index in [-0.39, 0.29) is 24.0 Å². The van der Waals surface area contributed by atoms with Gasteiger partial charge in [0.05, 0.1) is 12.0 Å². The molecule has 1 aromatic carbocycles. The molecule has 1 fully saturated rings. The number of cyclic esters (lactones) is 1. The smallest absolute Gasteiger partial charge is 0.408 e. The number of carbonyl (C=O) groups excluding carboxylic acids is 2. The first-order chi connectivity index (χ1) is 12.3. The molecule has 6 heteroatoms. The van der Waals surface area contributed by atoms with Crippen LogP contribution >= 0.6 is 11.8 Å². The van der Waals surface area contributed by atoms with Gasteiger partial charge < -0.3 is 14.8 Å². The summed E-state index contributed by atoms with van der Waals surface area (Å²) in [5.74, 6) is 0.675. The predicted octanol–water partition coefficient (Wildman–Crippen LogP) is 3.81. The second-order valence-corrected chi connectivity index (χ2v) is 8.62. The van der Waals surface area contributed by atoms with Gasteiger partial charge in [-0.15, -0.1) is 0 Å². The summed E-state index contributed by atoms with van der Waals surface area (Å²) in [7, 11) is 0. The van der Waals surface area contributed by atoms with Gasteiger partial charge in [0.1, 0.15) is 11.7 Å². The third-order valence-corrected chi connectivity index (χ3v) is 4.88. The van der Waals surface area contributed by atoms with Crippen LogP contribution in [0.2, 0.25) is 0 Å². The van der Waals surface area contributed by atoms with Gasteiger partial charge >= 0.3 is 12.1 Å². The van der Waals surface area contributed by atoms with Gasteiger partial charge in [0.25, 0.3) is 0 Å². The summed E-state index contributed by atoms with van der Waals surface area (Å²) in [4.78, 5) is 24.5. The highest BCUT2D eigenvalue weighted by Crippen LogP contribution is 2.28. The van der Waals surface area contributed by atoms with E-state index in [2.05, 4.69) is 5.32 Å². The normalized spacial score (nSPS) is 21.2. The molecule has 1 unspecified atom stereocenters. The third kappa shape index (κ3) is 6.56. The van der Waals surface area contributed by atoms with Crippen LogP contribution in [0.1, 0.15) is 39.2 Å². The fourth-order valence-electron chi connectivity index (χ4n) is 3.01. The van der Waals surface area contributed by atoms with E-state index in [9.17, 15) is 9.59 Å². The molecule has 3 atom stereocenters. The summed E-state index contributed by atoms with van der Waals surface area (Å²) in [6, 6.07) is 9.57. The number of thioether (sulfide) groups is 1. The molecule has 5 nitrogen and oxygen atoms in total. The Morgan fingerprint density at radius 1 is 1.35 bits per heavy atom. The molecule has 1 N–H and O–H groups in total. The minimum absolute atomic E-state index is 0.0915. The molecule has 26 heavy (non-hydrogen) atoms. The van der Waals surface area contributed by atoms with Gasteiger partial charge in [-0.2, -0.15) is 11.8 Å². The summed E-state index contributed by atoms with van der Waals surface area (Å²) in [5.41, 5.74) is 0.506. The van der Waals surface area contributed by atoms with Crippen molar-refractivity contribution >= 4 is 23.8 Å². The molecule has 0 spiro atoms. The van der Waals surface area contributed by atoms with Gasteiger partial charge in [0.15, 0.2) is 0 Å². The molecule has 1 saturated heterocycles. The summed E-state index contributed by atoms with van der Waals surface area (Å²) in [6.45, 7) is 5.48. The average Bonchev–Trinajstić information content (AvgIpc) is 2.92. The van der Waals surface area contributed by atoms with Crippen molar-refractivity contribution < 1.29 is 19.1 Å². The van der Waals surface area contributed by atoms with Crippen molar-refractivity contribution in [1.82, 2.24) is 5.32 Å². The van der Waals surface area contributed by atoms with E-state index in [1.54, 1.807) is 11.8 Å². The minimum atomic E-state index is -0.575. The summed E-state index contributed by atoms with van der Waals surface area (Å²) >= 11 is 1.72. The van der Waals surface area contributed by atoms with E-state index in [4.69, 9.17) is 9.47 Å². The zero-order chi connectivity index (χ0) is 19.2. The minimum Gasteiger partial charge on any atom is -0.460 e. The van der Waals surface area contributed by atoms with Crippen LogP contribution in [-0.4, -0.2) is 41.8 Å².